The number of morpholine rings is 1. The number of ether oxygens (including phenoxy) is 2. The molecule has 1 saturated heterocycles. The van der Waals surface area contributed by atoms with Gasteiger partial charge in [-0.3, -0.25) is 9.58 Å². The third-order valence-corrected chi connectivity index (χ3v) is 5.03. The van der Waals surface area contributed by atoms with Crippen molar-refractivity contribution >= 4 is 22.8 Å². The van der Waals surface area contributed by atoms with Crippen molar-refractivity contribution in [3.63, 3.8) is 0 Å². The maximum absolute atomic E-state index is 5.40. The van der Waals surface area contributed by atoms with Gasteiger partial charge in [0.1, 0.15) is 11.6 Å². The lowest BCUT2D eigenvalue weighted by atomic mass is 10.2. The van der Waals surface area contributed by atoms with Gasteiger partial charge < -0.3 is 20.1 Å². The predicted molar refractivity (Wildman–Crippen MR) is 112 cm³/mol. The standard InChI is InChI=1S/C20H27N7O2/c1-26-19-17(14-23-26)18(22-13-15-3-5-16(28-2)6-4-15)24-20(25-19)21-7-8-27-9-11-29-12-10-27/h3-6,14H,7-13H2,1-2H3,(H2,21,22,24,25). The second kappa shape index (κ2) is 9.06. The van der Waals surface area contributed by atoms with Crippen LogP contribution in [-0.2, 0) is 18.3 Å². The lowest BCUT2D eigenvalue weighted by Gasteiger charge is -2.26. The number of rotatable bonds is 8. The van der Waals surface area contributed by atoms with Gasteiger partial charge >= 0.3 is 0 Å². The van der Waals surface area contributed by atoms with Gasteiger partial charge in [-0.1, -0.05) is 12.1 Å². The highest BCUT2D eigenvalue weighted by Crippen LogP contribution is 2.22. The molecule has 0 saturated carbocycles. The number of hydrogen-bond donors (Lipinski definition) is 2. The van der Waals surface area contributed by atoms with Crippen LogP contribution in [0.2, 0.25) is 0 Å². The molecule has 0 unspecified atom stereocenters. The summed E-state index contributed by atoms with van der Waals surface area (Å²) in [6.07, 6.45) is 1.79. The molecular weight excluding hydrogens is 370 g/mol. The zero-order valence-electron chi connectivity index (χ0n) is 16.9. The van der Waals surface area contributed by atoms with Crippen LogP contribution in [-0.4, -0.2) is 71.2 Å². The Kier molecular flexibility index (Phi) is 6.06. The zero-order chi connectivity index (χ0) is 20.1. The van der Waals surface area contributed by atoms with E-state index in [-0.39, 0.29) is 0 Å². The zero-order valence-corrected chi connectivity index (χ0v) is 16.9. The van der Waals surface area contributed by atoms with E-state index in [1.165, 1.54) is 0 Å². The van der Waals surface area contributed by atoms with Gasteiger partial charge in [0.05, 0.1) is 31.9 Å². The van der Waals surface area contributed by atoms with Crippen molar-refractivity contribution in [1.29, 1.82) is 0 Å². The fourth-order valence-corrected chi connectivity index (χ4v) is 3.32. The molecule has 154 valence electrons. The van der Waals surface area contributed by atoms with Crippen molar-refractivity contribution in [2.24, 2.45) is 7.05 Å². The minimum Gasteiger partial charge on any atom is -0.497 e. The molecule has 0 radical (unpaired) electrons. The smallest absolute Gasteiger partial charge is 0.226 e. The molecule has 1 fully saturated rings. The number of aryl methyl sites for hydroxylation is 1. The van der Waals surface area contributed by atoms with Gasteiger partial charge in [-0.05, 0) is 17.7 Å². The average Bonchev–Trinajstić information content (AvgIpc) is 3.14. The molecule has 0 spiro atoms. The molecule has 9 nitrogen and oxygen atoms in total. The highest BCUT2D eigenvalue weighted by molar-refractivity contribution is 5.87. The van der Waals surface area contributed by atoms with Crippen LogP contribution in [0.1, 0.15) is 5.56 Å². The first-order valence-electron chi connectivity index (χ1n) is 9.83. The Morgan fingerprint density at radius 2 is 1.90 bits per heavy atom. The number of nitrogens with zero attached hydrogens (tertiary/aromatic N) is 5. The van der Waals surface area contributed by atoms with Crippen LogP contribution in [0.15, 0.2) is 30.5 Å². The van der Waals surface area contributed by atoms with Crippen LogP contribution in [0.25, 0.3) is 11.0 Å². The van der Waals surface area contributed by atoms with Gasteiger partial charge in [-0.25, -0.2) is 0 Å². The number of methoxy groups -OCH3 is 1. The third kappa shape index (κ3) is 4.75. The number of anilines is 2. The Bertz CT molecular complexity index is 936. The number of aromatic nitrogens is 4. The first kappa shape index (κ1) is 19.4. The lowest BCUT2D eigenvalue weighted by molar-refractivity contribution is 0.0398. The molecule has 0 amide bonds. The number of hydrogen-bond acceptors (Lipinski definition) is 8. The van der Waals surface area contributed by atoms with Crippen LogP contribution >= 0.6 is 0 Å². The predicted octanol–water partition coefficient (Wildman–Crippen LogP) is 1.73. The van der Waals surface area contributed by atoms with Crippen molar-refractivity contribution in [3.8, 4) is 5.75 Å². The van der Waals surface area contributed by atoms with E-state index in [0.29, 0.717) is 12.5 Å². The molecule has 0 aliphatic carbocycles. The summed E-state index contributed by atoms with van der Waals surface area (Å²) in [6, 6.07) is 7.98. The summed E-state index contributed by atoms with van der Waals surface area (Å²) in [7, 11) is 3.56. The van der Waals surface area contributed by atoms with E-state index in [0.717, 1.165) is 67.6 Å². The van der Waals surface area contributed by atoms with Crippen molar-refractivity contribution in [2.45, 2.75) is 6.54 Å². The molecule has 1 aliphatic heterocycles. The third-order valence-electron chi connectivity index (χ3n) is 5.03. The van der Waals surface area contributed by atoms with Crippen molar-refractivity contribution in [1.82, 2.24) is 24.6 Å². The lowest BCUT2D eigenvalue weighted by Crippen LogP contribution is -2.39. The summed E-state index contributed by atoms with van der Waals surface area (Å²) in [5.74, 6) is 2.22. The van der Waals surface area contributed by atoms with E-state index < -0.39 is 0 Å². The van der Waals surface area contributed by atoms with Gasteiger partial charge in [-0.2, -0.15) is 15.1 Å². The Hall–Kier alpha value is -2.91. The number of fused-ring (bicyclic) bond motifs is 1. The Morgan fingerprint density at radius 1 is 1.10 bits per heavy atom. The quantitative estimate of drug-likeness (QED) is 0.594. The van der Waals surface area contributed by atoms with Crippen LogP contribution in [0.5, 0.6) is 5.75 Å². The first-order valence-corrected chi connectivity index (χ1v) is 9.83. The second-order valence-corrected chi connectivity index (χ2v) is 6.98. The minimum absolute atomic E-state index is 0.603. The van der Waals surface area contributed by atoms with E-state index in [1.807, 2.05) is 31.3 Å². The summed E-state index contributed by atoms with van der Waals surface area (Å²) in [5.41, 5.74) is 1.94. The van der Waals surface area contributed by atoms with Crippen molar-refractivity contribution in [3.05, 3.63) is 36.0 Å². The minimum atomic E-state index is 0.603. The fraction of sp³-hybridized carbons (Fsp3) is 0.450. The van der Waals surface area contributed by atoms with E-state index in [2.05, 4.69) is 25.6 Å². The topological polar surface area (TPSA) is 89.4 Å². The molecule has 4 rings (SSSR count). The molecule has 1 aliphatic rings. The highest BCUT2D eigenvalue weighted by Gasteiger charge is 2.13. The van der Waals surface area contributed by atoms with E-state index >= 15 is 0 Å². The van der Waals surface area contributed by atoms with Gasteiger partial charge in [0, 0.05) is 39.8 Å². The molecule has 9 heteroatoms. The van der Waals surface area contributed by atoms with E-state index in [1.54, 1.807) is 18.0 Å². The van der Waals surface area contributed by atoms with Gasteiger partial charge in [0.15, 0.2) is 5.65 Å². The fourth-order valence-electron chi connectivity index (χ4n) is 3.32. The highest BCUT2D eigenvalue weighted by atomic mass is 16.5. The molecule has 3 aromatic rings. The largest absolute Gasteiger partial charge is 0.497 e. The number of benzene rings is 1. The van der Waals surface area contributed by atoms with Gasteiger partial charge in [0.2, 0.25) is 5.95 Å². The maximum atomic E-state index is 5.40. The monoisotopic (exact) mass is 397 g/mol. The maximum Gasteiger partial charge on any atom is 0.226 e. The van der Waals surface area contributed by atoms with Gasteiger partial charge in [-0.15, -0.1) is 0 Å². The Morgan fingerprint density at radius 3 is 2.66 bits per heavy atom. The Balaban J connectivity index is 1.45. The SMILES string of the molecule is COc1ccc(CNc2nc(NCCN3CCOCC3)nc3c2cnn3C)cc1. The van der Waals surface area contributed by atoms with Crippen LogP contribution < -0.4 is 15.4 Å². The van der Waals surface area contributed by atoms with Crippen LogP contribution in [0.3, 0.4) is 0 Å². The second-order valence-electron chi connectivity index (χ2n) is 6.98. The van der Waals surface area contributed by atoms with Crippen molar-refractivity contribution < 1.29 is 9.47 Å². The molecule has 1 aromatic carbocycles. The van der Waals surface area contributed by atoms with Crippen LogP contribution in [0.4, 0.5) is 11.8 Å². The molecule has 0 atom stereocenters. The van der Waals surface area contributed by atoms with Gasteiger partial charge in [0.25, 0.3) is 0 Å². The Labute approximate surface area is 170 Å². The van der Waals surface area contributed by atoms with Crippen molar-refractivity contribution in [2.75, 3.05) is 57.1 Å². The molecule has 2 aromatic heterocycles. The van der Waals surface area contributed by atoms with Crippen LogP contribution in [0, 0.1) is 0 Å². The number of nitrogens with one attached hydrogen (secondary N) is 2. The molecular formula is C20H27N7O2. The average molecular weight is 397 g/mol. The van der Waals surface area contributed by atoms with E-state index in [9.17, 15) is 0 Å². The molecule has 3 heterocycles. The summed E-state index contributed by atoms with van der Waals surface area (Å²) >= 11 is 0. The molecule has 0 bridgehead atoms. The molecule has 29 heavy (non-hydrogen) atoms. The molecule has 2 N–H and O–H groups in total. The summed E-state index contributed by atoms with van der Waals surface area (Å²) in [4.78, 5) is 11.7. The summed E-state index contributed by atoms with van der Waals surface area (Å²) < 4.78 is 12.4. The normalized spacial score (nSPS) is 14.8. The summed E-state index contributed by atoms with van der Waals surface area (Å²) in [5, 5.41) is 12.0. The first-order chi connectivity index (χ1) is 14.2. The van der Waals surface area contributed by atoms with E-state index in [4.69, 9.17) is 14.5 Å². The summed E-state index contributed by atoms with van der Waals surface area (Å²) in [6.45, 7) is 5.91.